The van der Waals surface area contributed by atoms with E-state index in [1.165, 1.54) is 37.3 Å². The van der Waals surface area contributed by atoms with Crippen LogP contribution in [0, 0.1) is 0 Å². The van der Waals surface area contributed by atoms with Gasteiger partial charge in [-0.15, -0.1) is 5.10 Å². The van der Waals surface area contributed by atoms with Crippen molar-refractivity contribution in [3.05, 3.63) is 75.2 Å². The molecule has 2 atom stereocenters. The summed E-state index contributed by atoms with van der Waals surface area (Å²) in [6, 6.07) is 9.20. The largest absolute Gasteiger partial charge is 0.447 e. The molecular weight excluding hydrogens is 588 g/mol. The van der Waals surface area contributed by atoms with Crippen molar-refractivity contribution in [1.29, 1.82) is 0 Å². The summed E-state index contributed by atoms with van der Waals surface area (Å²) in [7, 11) is 0. The molecule has 0 bridgehead atoms. The first-order chi connectivity index (χ1) is 18.9. The monoisotopic (exact) mass is 609 g/mol. The summed E-state index contributed by atoms with van der Waals surface area (Å²) in [5, 5.41) is 16.2. The molecule has 4 N–H and O–H groups in total. The smallest absolute Gasteiger partial charge is 0.416 e. The number of nitrogens with two attached hydrogens (primary N) is 1. The first-order valence-electron chi connectivity index (χ1n) is 11.5. The van der Waals surface area contributed by atoms with Crippen LogP contribution in [0.3, 0.4) is 0 Å². The van der Waals surface area contributed by atoms with Crippen LogP contribution in [0.15, 0.2) is 53.3 Å². The van der Waals surface area contributed by atoms with Crippen LogP contribution in [-0.2, 0) is 34.3 Å². The number of aliphatic hydroxyl groups excluding tert-OH is 1. The molecule has 0 spiro atoms. The van der Waals surface area contributed by atoms with Crippen molar-refractivity contribution in [2.24, 2.45) is 5.73 Å². The molecule has 0 fully saturated rings. The van der Waals surface area contributed by atoms with Gasteiger partial charge in [0.05, 0.1) is 17.6 Å². The van der Waals surface area contributed by atoms with Gasteiger partial charge in [-0.3, -0.25) is 9.36 Å². The molecule has 3 aromatic rings. The molecule has 0 aliphatic rings. The summed E-state index contributed by atoms with van der Waals surface area (Å²) >= 11 is 5.84. The number of aliphatic hydroxyl groups is 1. The molecule has 0 aliphatic carbocycles. The van der Waals surface area contributed by atoms with Gasteiger partial charge in [0.1, 0.15) is 13.2 Å². The third kappa shape index (κ3) is 7.79. The van der Waals surface area contributed by atoms with Gasteiger partial charge in [0.25, 0.3) is 0 Å². The lowest BCUT2D eigenvalue weighted by Gasteiger charge is -2.31. The SMILES string of the molecule is CC(COC(N)=O)(NC(=O)Cn1nc(-c2ccc(Cl)cc2)n(C[C@H](O)C(F)(F)F)c1=O)c1cccc(C(F)(F)F)c1. The van der Waals surface area contributed by atoms with E-state index in [1.807, 2.05) is 0 Å². The van der Waals surface area contributed by atoms with Crippen molar-refractivity contribution < 1.29 is 45.8 Å². The Hall–Kier alpha value is -4.05. The van der Waals surface area contributed by atoms with Crippen LogP contribution >= 0.6 is 11.6 Å². The number of primary amides is 1. The topological polar surface area (TPSA) is 141 Å². The predicted octanol–water partition coefficient (Wildman–Crippen LogP) is 3.43. The van der Waals surface area contributed by atoms with Gasteiger partial charge in [-0.2, -0.15) is 26.3 Å². The lowest BCUT2D eigenvalue weighted by molar-refractivity contribution is -0.207. The lowest BCUT2D eigenvalue weighted by atomic mass is 9.91. The van der Waals surface area contributed by atoms with Crippen LogP contribution in [0.25, 0.3) is 11.4 Å². The quantitative estimate of drug-likeness (QED) is 0.318. The molecule has 0 radical (unpaired) electrons. The molecule has 10 nitrogen and oxygen atoms in total. The van der Waals surface area contributed by atoms with Gasteiger partial charge in [0.15, 0.2) is 11.9 Å². The van der Waals surface area contributed by atoms with Crippen molar-refractivity contribution >= 4 is 23.6 Å². The van der Waals surface area contributed by atoms with E-state index in [1.54, 1.807) is 0 Å². The van der Waals surface area contributed by atoms with Crippen LogP contribution < -0.4 is 16.7 Å². The highest BCUT2D eigenvalue weighted by atomic mass is 35.5. The van der Waals surface area contributed by atoms with E-state index in [9.17, 15) is 45.8 Å². The molecule has 0 aliphatic heterocycles. The molecule has 0 saturated carbocycles. The minimum atomic E-state index is -5.08. The van der Waals surface area contributed by atoms with Gasteiger partial charge in [-0.05, 0) is 48.9 Å². The van der Waals surface area contributed by atoms with E-state index in [-0.39, 0.29) is 22.0 Å². The summed E-state index contributed by atoms with van der Waals surface area (Å²) in [6.07, 6.45) is -14.1. The number of halogens is 7. The van der Waals surface area contributed by atoms with Crippen LogP contribution in [0.1, 0.15) is 18.1 Å². The number of hydrogen-bond donors (Lipinski definition) is 3. The molecule has 3 rings (SSSR count). The molecule has 2 aromatic carbocycles. The van der Waals surface area contributed by atoms with Gasteiger partial charge in [-0.25, -0.2) is 14.3 Å². The minimum absolute atomic E-state index is 0.128. The van der Waals surface area contributed by atoms with E-state index >= 15 is 0 Å². The van der Waals surface area contributed by atoms with Crippen molar-refractivity contribution in [3.8, 4) is 11.4 Å². The number of carbonyl (C=O) groups is 2. The van der Waals surface area contributed by atoms with Crippen molar-refractivity contribution in [2.75, 3.05) is 6.61 Å². The predicted molar refractivity (Wildman–Crippen MR) is 131 cm³/mol. The fraction of sp³-hybridized carbons (Fsp3) is 0.333. The molecule has 2 amide bonds. The van der Waals surface area contributed by atoms with Crippen LogP contribution in [0.5, 0.6) is 0 Å². The standard InChI is InChI=1S/C24H22ClF6N5O5/c1-22(12-41-20(32)39,14-3-2-4-15(9-14)23(26,27)28)33-18(38)11-36-21(40)35(10-17(37)24(29,30)31)19(34-36)13-5-7-16(25)8-6-13/h2-9,17,37H,10-12H2,1H3,(H2,32,39)(H,33,38)/t17-,22?/m0/s1. The third-order valence-electron chi connectivity index (χ3n) is 5.80. The van der Waals surface area contributed by atoms with E-state index < -0.39 is 66.9 Å². The van der Waals surface area contributed by atoms with Gasteiger partial charge < -0.3 is 20.9 Å². The second kappa shape index (κ2) is 11.8. The maximum Gasteiger partial charge on any atom is 0.416 e. The maximum absolute atomic E-state index is 13.3. The number of nitrogens with zero attached hydrogens (tertiary/aromatic N) is 3. The van der Waals surface area contributed by atoms with Gasteiger partial charge in [-0.1, -0.05) is 23.7 Å². The van der Waals surface area contributed by atoms with E-state index in [0.717, 1.165) is 12.1 Å². The number of ether oxygens (including phenoxy) is 1. The summed E-state index contributed by atoms with van der Waals surface area (Å²) in [5.74, 6) is -1.37. The molecule has 1 unspecified atom stereocenters. The van der Waals surface area contributed by atoms with Crippen molar-refractivity contribution in [1.82, 2.24) is 19.7 Å². The number of benzene rings is 2. The first-order valence-corrected chi connectivity index (χ1v) is 11.9. The Morgan fingerprint density at radius 1 is 1.10 bits per heavy atom. The molecule has 17 heteroatoms. The van der Waals surface area contributed by atoms with Gasteiger partial charge in [0, 0.05) is 10.6 Å². The Morgan fingerprint density at radius 3 is 2.27 bits per heavy atom. The van der Waals surface area contributed by atoms with Gasteiger partial charge >= 0.3 is 24.1 Å². The fourth-order valence-corrected chi connectivity index (χ4v) is 3.85. The highest BCUT2D eigenvalue weighted by Gasteiger charge is 2.40. The summed E-state index contributed by atoms with van der Waals surface area (Å²) < 4.78 is 84.8. The Bertz CT molecular complexity index is 1470. The molecule has 1 aromatic heterocycles. The van der Waals surface area contributed by atoms with Crippen LogP contribution in [0.4, 0.5) is 31.1 Å². The van der Waals surface area contributed by atoms with Gasteiger partial charge in [0.2, 0.25) is 5.91 Å². The number of hydrogen-bond acceptors (Lipinski definition) is 6. The summed E-state index contributed by atoms with van der Waals surface area (Å²) in [6.45, 7) is -1.66. The zero-order valence-corrected chi connectivity index (χ0v) is 21.7. The first kappa shape index (κ1) is 31.5. The Balaban J connectivity index is 1.98. The average Bonchev–Trinajstić information content (AvgIpc) is 3.16. The summed E-state index contributed by atoms with van der Waals surface area (Å²) in [5.41, 5.74) is 0.894. The Kier molecular flexibility index (Phi) is 9.08. The molecular formula is C24H22ClF6N5O5. The number of nitrogens with one attached hydrogen (secondary N) is 1. The highest BCUT2D eigenvalue weighted by Crippen LogP contribution is 2.32. The highest BCUT2D eigenvalue weighted by molar-refractivity contribution is 6.30. The summed E-state index contributed by atoms with van der Waals surface area (Å²) in [4.78, 5) is 37.2. The zero-order valence-electron chi connectivity index (χ0n) is 21.0. The molecule has 1 heterocycles. The second-order valence-electron chi connectivity index (χ2n) is 9.01. The fourth-order valence-electron chi connectivity index (χ4n) is 3.73. The second-order valence-corrected chi connectivity index (χ2v) is 9.44. The maximum atomic E-state index is 13.3. The lowest BCUT2D eigenvalue weighted by Crippen LogP contribution is -2.49. The normalized spacial score (nSPS) is 14.3. The van der Waals surface area contributed by atoms with Crippen molar-refractivity contribution in [2.45, 2.75) is 44.0 Å². The molecule has 222 valence electrons. The number of aromatic nitrogens is 3. The third-order valence-corrected chi connectivity index (χ3v) is 6.05. The van der Waals surface area contributed by atoms with Crippen LogP contribution in [0.2, 0.25) is 5.02 Å². The number of amides is 2. The molecule has 41 heavy (non-hydrogen) atoms. The average molecular weight is 610 g/mol. The zero-order chi connectivity index (χ0) is 30.8. The van der Waals surface area contributed by atoms with E-state index in [4.69, 9.17) is 22.1 Å². The minimum Gasteiger partial charge on any atom is -0.447 e. The van der Waals surface area contributed by atoms with E-state index in [2.05, 4.69) is 10.4 Å². The molecule has 0 saturated heterocycles. The van der Waals surface area contributed by atoms with Crippen LogP contribution in [-0.4, -0.2) is 50.3 Å². The Labute approximate surface area is 232 Å². The number of rotatable bonds is 9. The van der Waals surface area contributed by atoms with Crippen molar-refractivity contribution in [3.63, 3.8) is 0 Å². The number of carbonyl (C=O) groups excluding carboxylic acids is 2. The number of alkyl halides is 6. The Morgan fingerprint density at radius 2 is 1.71 bits per heavy atom. The van der Waals surface area contributed by atoms with E-state index in [0.29, 0.717) is 15.3 Å².